The SMILES string of the molecule is Cc1nnnn1C(Cc1cccc(F)c1)C(=O)Nc1ncc(-c2ccccc2)s1. The average Bonchev–Trinajstić information content (AvgIpc) is 3.36. The largest absolute Gasteiger partial charge is 0.300 e. The summed E-state index contributed by atoms with van der Waals surface area (Å²) in [7, 11) is 0. The molecule has 1 N–H and O–H groups in total. The van der Waals surface area contributed by atoms with Gasteiger partial charge in [-0.05, 0) is 40.6 Å². The monoisotopic (exact) mass is 408 g/mol. The number of aromatic nitrogens is 5. The molecule has 0 saturated heterocycles. The van der Waals surface area contributed by atoms with Crippen molar-refractivity contribution < 1.29 is 9.18 Å². The molecule has 9 heteroatoms. The number of aryl methyl sites for hydroxylation is 1. The summed E-state index contributed by atoms with van der Waals surface area (Å²) in [5.74, 6) is -0.188. The van der Waals surface area contributed by atoms with E-state index in [0.717, 1.165) is 10.4 Å². The quantitative estimate of drug-likeness (QED) is 0.526. The predicted molar refractivity (Wildman–Crippen MR) is 108 cm³/mol. The lowest BCUT2D eigenvalue weighted by Gasteiger charge is -2.16. The molecule has 0 spiro atoms. The van der Waals surface area contributed by atoms with Crippen molar-refractivity contribution >= 4 is 22.4 Å². The lowest BCUT2D eigenvalue weighted by Crippen LogP contribution is -2.29. The van der Waals surface area contributed by atoms with Crippen LogP contribution in [0.2, 0.25) is 0 Å². The Morgan fingerprint density at radius 2 is 2.03 bits per heavy atom. The first-order valence-electron chi connectivity index (χ1n) is 8.91. The molecule has 1 unspecified atom stereocenters. The number of tetrazole rings is 1. The number of halogens is 1. The summed E-state index contributed by atoms with van der Waals surface area (Å²) in [6, 6.07) is 15.2. The van der Waals surface area contributed by atoms with E-state index in [1.165, 1.54) is 28.2 Å². The van der Waals surface area contributed by atoms with Gasteiger partial charge in [0.2, 0.25) is 0 Å². The molecule has 0 aliphatic carbocycles. The summed E-state index contributed by atoms with van der Waals surface area (Å²) in [6.45, 7) is 1.71. The standard InChI is InChI=1S/C20H17FN6OS/c1-13-24-25-26-27(13)17(11-14-6-5-9-16(21)10-14)19(28)23-20-22-12-18(29-20)15-7-3-2-4-8-15/h2-10,12,17H,11H2,1H3,(H,22,23,28). The number of carbonyl (C=O) groups excluding carboxylic acids is 1. The van der Waals surface area contributed by atoms with Crippen LogP contribution in [-0.2, 0) is 11.2 Å². The zero-order valence-electron chi connectivity index (χ0n) is 15.5. The van der Waals surface area contributed by atoms with Crippen molar-refractivity contribution in [3.05, 3.63) is 78.0 Å². The first kappa shape index (κ1) is 18.9. The molecule has 4 aromatic rings. The van der Waals surface area contributed by atoms with E-state index in [-0.39, 0.29) is 18.1 Å². The minimum Gasteiger partial charge on any atom is -0.300 e. The van der Waals surface area contributed by atoms with Gasteiger partial charge < -0.3 is 5.32 Å². The number of rotatable bonds is 6. The van der Waals surface area contributed by atoms with Gasteiger partial charge in [-0.1, -0.05) is 53.8 Å². The van der Waals surface area contributed by atoms with Gasteiger partial charge >= 0.3 is 0 Å². The fraction of sp³-hybridized carbons (Fsp3) is 0.150. The second-order valence-corrected chi connectivity index (χ2v) is 7.44. The fourth-order valence-electron chi connectivity index (χ4n) is 2.96. The summed E-state index contributed by atoms with van der Waals surface area (Å²) in [5, 5.41) is 14.7. The highest BCUT2D eigenvalue weighted by atomic mass is 32.1. The molecule has 0 radical (unpaired) electrons. The molecule has 2 heterocycles. The van der Waals surface area contributed by atoms with Gasteiger partial charge in [0.15, 0.2) is 5.13 Å². The normalized spacial score (nSPS) is 11.9. The lowest BCUT2D eigenvalue weighted by atomic mass is 10.1. The van der Waals surface area contributed by atoms with E-state index in [4.69, 9.17) is 0 Å². The van der Waals surface area contributed by atoms with E-state index in [0.29, 0.717) is 16.5 Å². The highest BCUT2D eigenvalue weighted by Crippen LogP contribution is 2.29. The molecule has 29 heavy (non-hydrogen) atoms. The van der Waals surface area contributed by atoms with Crippen LogP contribution in [0.25, 0.3) is 10.4 Å². The topological polar surface area (TPSA) is 85.6 Å². The van der Waals surface area contributed by atoms with Gasteiger partial charge in [0.05, 0.1) is 4.88 Å². The van der Waals surface area contributed by atoms with Crippen LogP contribution in [-0.4, -0.2) is 31.1 Å². The van der Waals surface area contributed by atoms with Gasteiger partial charge in [-0.15, -0.1) is 5.10 Å². The maximum Gasteiger partial charge on any atom is 0.251 e. The van der Waals surface area contributed by atoms with Gasteiger partial charge in [0.1, 0.15) is 17.7 Å². The molecule has 1 amide bonds. The van der Waals surface area contributed by atoms with Crippen molar-refractivity contribution in [3.63, 3.8) is 0 Å². The Hall–Kier alpha value is -3.46. The predicted octanol–water partition coefficient (Wildman–Crippen LogP) is 3.67. The number of nitrogens with one attached hydrogen (secondary N) is 1. The minimum atomic E-state index is -0.740. The Morgan fingerprint density at radius 3 is 2.76 bits per heavy atom. The molecule has 0 aliphatic rings. The molecule has 146 valence electrons. The van der Waals surface area contributed by atoms with Crippen LogP contribution in [0.1, 0.15) is 17.4 Å². The Kier molecular flexibility index (Phi) is 5.39. The van der Waals surface area contributed by atoms with Gasteiger partial charge in [0, 0.05) is 12.6 Å². The molecular weight excluding hydrogens is 391 g/mol. The number of hydrogen-bond donors (Lipinski definition) is 1. The number of nitrogens with zero attached hydrogens (tertiary/aromatic N) is 5. The van der Waals surface area contributed by atoms with E-state index in [1.54, 1.807) is 25.3 Å². The van der Waals surface area contributed by atoms with E-state index in [9.17, 15) is 9.18 Å². The van der Waals surface area contributed by atoms with Crippen LogP contribution < -0.4 is 5.32 Å². The number of carbonyl (C=O) groups is 1. The first-order chi connectivity index (χ1) is 14.1. The van der Waals surface area contributed by atoms with Crippen LogP contribution in [0, 0.1) is 12.7 Å². The Bertz CT molecular complexity index is 1130. The van der Waals surface area contributed by atoms with Gasteiger partial charge in [-0.25, -0.2) is 14.1 Å². The zero-order valence-corrected chi connectivity index (χ0v) is 16.3. The van der Waals surface area contributed by atoms with Gasteiger partial charge in [-0.2, -0.15) is 0 Å². The Morgan fingerprint density at radius 1 is 1.21 bits per heavy atom. The van der Waals surface area contributed by atoms with E-state index in [2.05, 4.69) is 25.8 Å². The smallest absolute Gasteiger partial charge is 0.251 e. The second kappa shape index (κ2) is 8.27. The highest BCUT2D eigenvalue weighted by molar-refractivity contribution is 7.19. The van der Waals surface area contributed by atoms with E-state index < -0.39 is 6.04 Å². The number of anilines is 1. The first-order valence-corrected chi connectivity index (χ1v) is 9.73. The maximum atomic E-state index is 13.6. The minimum absolute atomic E-state index is 0.242. The summed E-state index contributed by atoms with van der Waals surface area (Å²) in [6.07, 6.45) is 1.96. The van der Waals surface area contributed by atoms with Gasteiger partial charge in [-0.3, -0.25) is 4.79 Å². The lowest BCUT2D eigenvalue weighted by molar-refractivity contribution is -0.119. The third-order valence-corrected chi connectivity index (χ3v) is 5.33. The molecule has 0 saturated carbocycles. The number of benzene rings is 2. The van der Waals surface area contributed by atoms with Crippen molar-refractivity contribution in [1.82, 2.24) is 25.2 Å². The van der Waals surface area contributed by atoms with Crippen molar-refractivity contribution in [3.8, 4) is 10.4 Å². The third kappa shape index (κ3) is 4.35. The van der Waals surface area contributed by atoms with Crippen molar-refractivity contribution in [2.24, 2.45) is 0 Å². The van der Waals surface area contributed by atoms with Gasteiger partial charge in [0.25, 0.3) is 5.91 Å². The van der Waals surface area contributed by atoms with Crippen molar-refractivity contribution in [2.75, 3.05) is 5.32 Å². The van der Waals surface area contributed by atoms with E-state index in [1.807, 2.05) is 30.3 Å². The summed E-state index contributed by atoms with van der Waals surface area (Å²) >= 11 is 1.38. The van der Waals surface area contributed by atoms with Crippen LogP contribution in [0.5, 0.6) is 0 Å². The molecule has 7 nitrogen and oxygen atoms in total. The van der Waals surface area contributed by atoms with Crippen LogP contribution in [0.3, 0.4) is 0 Å². The molecular formula is C20H17FN6OS. The maximum absolute atomic E-state index is 13.6. The fourth-order valence-corrected chi connectivity index (χ4v) is 3.78. The van der Waals surface area contributed by atoms with Crippen molar-refractivity contribution in [1.29, 1.82) is 0 Å². The summed E-state index contributed by atoms with van der Waals surface area (Å²) in [5.41, 5.74) is 1.70. The average molecular weight is 408 g/mol. The van der Waals surface area contributed by atoms with Crippen LogP contribution in [0.15, 0.2) is 60.8 Å². The van der Waals surface area contributed by atoms with E-state index >= 15 is 0 Å². The van der Waals surface area contributed by atoms with Crippen molar-refractivity contribution in [2.45, 2.75) is 19.4 Å². The van der Waals surface area contributed by atoms with Crippen LogP contribution in [0.4, 0.5) is 9.52 Å². The molecule has 4 rings (SSSR count). The summed E-state index contributed by atoms with van der Waals surface area (Å²) in [4.78, 5) is 18.3. The number of thiazole rings is 1. The molecule has 0 fully saturated rings. The van der Waals surface area contributed by atoms with Crippen LogP contribution >= 0.6 is 11.3 Å². The molecule has 0 aliphatic heterocycles. The highest BCUT2D eigenvalue weighted by Gasteiger charge is 2.25. The molecule has 2 aromatic heterocycles. The summed E-state index contributed by atoms with van der Waals surface area (Å²) < 4.78 is 15.0. The molecule has 1 atom stereocenters. The Balaban J connectivity index is 1.57. The zero-order chi connectivity index (χ0) is 20.2. The number of hydrogen-bond acceptors (Lipinski definition) is 6. The Labute approximate surface area is 170 Å². The third-order valence-electron chi connectivity index (χ3n) is 4.37. The second-order valence-electron chi connectivity index (χ2n) is 6.41. The molecule has 0 bridgehead atoms. The molecule has 2 aromatic carbocycles. The number of amides is 1.